The molecule has 3 rings (SSSR count). The molecular formula is C18H23N3O2S. The van der Waals surface area contributed by atoms with Crippen molar-refractivity contribution in [2.75, 3.05) is 23.3 Å². The van der Waals surface area contributed by atoms with Crippen LogP contribution in [0.4, 0.5) is 10.8 Å². The molecule has 1 aliphatic heterocycles. The number of hydrogen-bond acceptors (Lipinski definition) is 5. The van der Waals surface area contributed by atoms with Crippen LogP contribution < -0.4 is 10.2 Å². The van der Waals surface area contributed by atoms with Crippen LogP contribution in [0.15, 0.2) is 29.6 Å². The molecule has 0 radical (unpaired) electrons. The van der Waals surface area contributed by atoms with E-state index in [4.69, 9.17) is 0 Å². The Bertz CT molecular complexity index is 689. The topological polar surface area (TPSA) is 65.5 Å². The number of nitrogens with one attached hydrogen (secondary N) is 1. The molecule has 1 aromatic heterocycles. The van der Waals surface area contributed by atoms with Gasteiger partial charge in [-0.05, 0) is 43.0 Å². The summed E-state index contributed by atoms with van der Waals surface area (Å²) < 4.78 is 0. The van der Waals surface area contributed by atoms with Crippen molar-refractivity contribution in [1.29, 1.82) is 0 Å². The quantitative estimate of drug-likeness (QED) is 0.890. The molecule has 1 fully saturated rings. The summed E-state index contributed by atoms with van der Waals surface area (Å²) in [6.07, 6.45) is 1.41. The molecule has 1 aliphatic rings. The van der Waals surface area contributed by atoms with Gasteiger partial charge in [-0.3, -0.25) is 10.1 Å². The van der Waals surface area contributed by atoms with Crippen LogP contribution in [0.1, 0.15) is 48.7 Å². The molecule has 0 saturated carbocycles. The van der Waals surface area contributed by atoms with E-state index in [0.717, 1.165) is 37.3 Å². The van der Waals surface area contributed by atoms with E-state index in [9.17, 15) is 9.90 Å². The van der Waals surface area contributed by atoms with Crippen LogP contribution in [0.3, 0.4) is 0 Å². The number of carbonyl (C=O) groups excluding carboxylic acids is 1. The minimum Gasteiger partial charge on any atom is -0.393 e. The van der Waals surface area contributed by atoms with Gasteiger partial charge in [0.25, 0.3) is 5.91 Å². The van der Waals surface area contributed by atoms with Gasteiger partial charge >= 0.3 is 0 Å². The second-order valence-corrected chi connectivity index (χ2v) is 7.31. The van der Waals surface area contributed by atoms with Gasteiger partial charge in [0.05, 0.1) is 11.8 Å². The van der Waals surface area contributed by atoms with Crippen molar-refractivity contribution >= 4 is 28.1 Å². The number of thiazole rings is 1. The van der Waals surface area contributed by atoms with Crippen LogP contribution in [0.5, 0.6) is 0 Å². The highest BCUT2D eigenvalue weighted by Crippen LogP contribution is 2.23. The number of anilines is 2. The predicted octanol–water partition coefficient (Wildman–Crippen LogP) is 3.48. The Morgan fingerprint density at radius 2 is 1.96 bits per heavy atom. The van der Waals surface area contributed by atoms with E-state index >= 15 is 0 Å². The van der Waals surface area contributed by atoms with Gasteiger partial charge in [0, 0.05) is 29.7 Å². The monoisotopic (exact) mass is 345 g/mol. The minimum absolute atomic E-state index is 0.139. The van der Waals surface area contributed by atoms with E-state index in [1.54, 1.807) is 0 Å². The summed E-state index contributed by atoms with van der Waals surface area (Å²) in [5, 5.41) is 15.1. The Morgan fingerprint density at radius 1 is 1.29 bits per heavy atom. The lowest BCUT2D eigenvalue weighted by atomic mass is 10.1. The van der Waals surface area contributed by atoms with Crippen LogP contribution >= 0.6 is 11.3 Å². The van der Waals surface area contributed by atoms with Gasteiger partial charge in [0.15, 0.2) is 5.13 Å². The maximum atomic E-state index is 12.3. The zero-order valence-corrected chi connectivity index (χ0v) is 14.8. The number of rotatable bonds is 4. The molecule has 1 amide bonds. The summed E-state index contributed by atoms with van der Waals surface area (Å²) in [5.41, 5.74) is 2.71. The van der Waals surface area contributed by atoms with Crippen molar-refractivity contribution in [3.05, 3.63) is 40.9 Å². The lowest BCUT2D eigenvalue weighted by molar-refractivity contribution is 0.102. The Morgan fingerprint density at radius 3 is 2.54 bits per heavy atom. The van der Waals surface area contributed by atoms with Gasteiger partial charge in [-0.25, -0.2) is 4.98 Å². The van der Waals surface area contributed by atoms with Crippen molar-refractivity contribution in [3.63, 3.8) is 0 Å². The molecule has 0 atom stereocenters. The third-order valence-corrected chi connectivity index (χ3v) is 5.07. The molecule has 0 spiro atoms. The van der Waals surface area contributed by atoms with Gasteiger partial charge in [0.2, 0.25) is 0 Å². The molecule has 2 aromatic rings. The van der Waals surface area contributed by atoms with E-state index in [2.05, 4.69) is 29.0 Å². The number of benzene rings is 1. The number of amides is 1. The number of hydrogen-bond donors (Lipinski definition) is 2. The second-order valence-electron chi connectivity index (χ2n) is 6.45. The molecule has 6 heteroatoms. The average Bonchev–Trinajstić information content (AvgIpc) is 3.04. The highest BCUT2D eigenvalue weighted by atomic mass is 32.1. The number of aliphatic hydroxyl groups excluding tert-OH is 1. The largest absolute Gasteiger partial charge is 0.393 e. The number of nitrogens with zero attached hydrogens (tertiary/aromatic N) is 2. The number of piperidine rings is 1. The van der Waals surface area contributed by atoms with E-state index in [1.165, 1.54) is 11.3 Å². The third-order valence-electron chi connectivity index (χ3n) is 4.29. The van der Waals surface area contributed by atoms with Crippen molar-refractivity contribution in [2.45, 2.75) is 38.7 Å². The maximum absolute atomic E-state index is 12.3. The first-order chi connectivity index (χ1) is 11.5. The summed E-state index contributed by atoms with van der Waals surface area (Å²) in [7, 11) is 0. The molecule has 0 bridgehead atoms. The van der Waals surface area contributed by atoms with E-state index in [0.29, 0.717) is 16.6 Å². The summed E-state index contributed by atoms with van der Waals surface area (Å²) in [6, 6.07) is 7.61. The predicted molar refractivity (Wildman–Crippen MR) is 98.1 cm³/mol. The molecule has 24 heavy (non-hydrogen) atoms. The molecule has 2 N–H and O–H groups in total. The number of aliphatic hydroxyl groups is 1. The highest BCUT2D eigenvalue weighted by molar-refractivity contribution is 7.14. The zero-order valence-electron chi connectivity index (χ0n) is 14.0. The van der Waals surface area contributed by atoms with Crippen LogP contribution in [-0.4, -0.2) is 35.2 Å². The lowest BCUT2D eigenvalue weighted by Gasteiger charge is -2.31. The molecule has 2 heterocycles. The second kappa shape index (κ2) is 7.32. The Balaban J connectivity index is 1.63. The molecule has 5 nitrogen and oxygen atoms in total. The minimum atomic E-state index is -0.180. The lowest BCUT2D eigenvalue weighted by Crippen LogP contribution is -2.35. The fourth-order valence-corrected chi connectivity index (χ4v) is 3.59. The van der Waals surface area contributed by atoms with Gasteiger partial charge in [-0.1, -0.05) is 13.8 Å². The van der Waals surface area contributed by atoms with Gasteiger partial charge in [-0.2, -0.15) is 0 Å². The smallest absolute Gasteiger partial charge is 0.257 e. The van der Waals surface area contributed by atoms with E-state index in [-0.39, 0.29) is 12.0 Å². The van der Waals surface area contributed by atoms with Gasteiger partial charge in [0.1, 0.15) is 0 Å². The van der Waals surface area contributed by atoms with E-state index in [1.807, 2.05) is 29.6 Å². The SMILES string of the molecule is CC(C)c1csc(NC(=O)c2ccc(N3CCC(O)CC3)cc2)n1. The first-order valence-corrected chi connectivity index (χ1v) is 9.20. The van der Waals surface area contributed by atoms with Crippen LogP contribution in [0.2, 0.25) is 0 Å². The number of aromatic nitrogens is 1. The van der Waals surface area contributed by atoms with Crippen molar-refractivity contribution in [3.8, 4) is 0 Å². The molecular weight excluding hydrogens is 322 g/mol. The Kier molecular flexibility index (Phi) is 5.16. The molecule has 0 aliphatic carbocycles. The van der Waals surface area contributed by atoms with Crippen LogP contribution in [0, 0.1) is 0 Å². The van der Waals surface area contributed by atoms with Crippen molar-refractivity contribution < 1.29 is 9.90 Å². The first kappa shape index (κ1) is 16.9. The Hall–Kier alpha value is -1.92. The third kappa shape index (κ3) is 3.94. The molecule has 0 unspecified atom stereocenters. The molecule has 1 saturated heterocycles. The van der Waals surface area contributed by atoms with Crippen LogP contribution in [-0.2, 0) is 0 Å². The fraction of sp³-hybridized carbons (Fsp3) is 0.444. The summed E-state index contributed by atoms with van der Waals surface area (Å²) in [6.45, 7) is 5.87. The number of carbonyl (C=O) groups is 1. The summed E-state index contributed by atoms with van der Waals surface area (Å²) in [5.74, 6) is 0.217. The normalized spacial score (nSPS) is 15.8. The molecule has 1 aromatic carbocycles. The highest BCUT2D eigenvalue weighted by Gasteiger charge is 2.17. The summed E-state index contributed by atoms with van der Waals surface area (Å²) in [4.78, 5) is 19.0. The van der Waals surface area contributed by atoms with Crippen molar-refractivity contribution in [1.82, 2.24) is 4.98 Å². The van der Waals surface area contributed by atoms with Gasteiger partial charge in [-0.15, -0.1) is 11.3 Å². The maximum Gasteiger partial charge on any atom is 0.257 e. The average molecular weight is 345 g/mol. The van der Waals surface area contributed by atoms with Gasteiger partial charge < -0.3 is 10.0 Å². The fourth-order valence-electron chi connectivity index (χ4n) is 2.73. The Labute approximate surface area is 146 Å². The van der Waals surface area contributed by atoms with Crippen LogP contribution in [0.25, 0.3) is 0 Å². The van der Waals surface area contributed by atoms with E-state index < -0.39 is 0 Å². The standard InChI is InChI=1S/C18H23N3O2S/c1-12(2)16-11-24-18(19-16)20-17(23)13-3-5-14(6-4-13)21-9-7-15(22)8-10-21/h3-6,11-12,15,22H,7-10H2,1-2H3,(H,19,20,23). The summed E-state index contributed by atoms with van der Waals surface area (Å²) >= 11 is 1.45. The van der Waals surface area contributed by atoms with Crippen molar-refractivity contribution in [2.24, 2.45) is 0 Å². The first-order valence-electron chi connectivity index (χ1n) is 8.33. The molecule has 128 valence electrons. The zero-order chi connectivity index (χ0) is 17.1.